The fourth-order valence-corrected chi connectivity index (χ4v) is 6.01. The fourth-order valence-electron chi connectivity index (χ4n) is 6.01. The molecule has 1 amide bonds. The summed E-state index contributed by atoms with van der Waals surface area (Å²) in [6, 6.07) is 14.8. The number of rotatable bonds is 7. The van der Waals surface area contributed by atoms with E-state index in [0.717, 1.165) is 13.0 Å². The maximum Gasteiger partial charge on any atom is 0.573 e. The van der Waals surface area contributed by atoms with Crippen molar-refractivity contribution >= 4 is 11.6 Å². The van der Waals surface area contributed by atoms with Gasteiger partial charge >= 0.3 is 6.36 Å². The number of anilines is 1. The van der Waals surface area contributed by atoms with Gasteiger partial charge in [0.1, 0.15) is 23.7 Å². The number of nitriles is 1. The Hall–Kier alpha value is -4.37. The molecule has 1 saturated carbocycles. The highest BCUT2D eigenvalue weighted by atomic mass is 19.4. The number of aromatic nitrogens is 1. The number of alkyl halides is 3. The van der Waals surface area contributed by atoms with Crippen LogP contribution >= 0.6 is 0 Å². The number of benzene rings is 2. The van der Waals surface area contributed by atoms with Crippen molar-refractivity contribution in [3.8, 4) is 28.8 Å². The summed E-state index contributed by atoms with van der Waals surface area (Å²) in [7, 11) is 0. The third kappa shape index (κ3) is 5.69. The van der Waals surface area contributed by atoms with Gasteiger partial charge in [0, 0.05) is 36.7 Å². The highest BCUT2D eigenvalue weighted by molar-refractivity contribution is 5.96. The zero-order valence-corrected chi connectivity index (χ0v) is 22.4. The van der Waals surface area contributed by atoms with E-state index in [-0.39, 0.29) is 40.3 Å². The molecule has 2 aromatic carbocycles. The van der Waals surface area contributed by atoms with E-state index in [1.165, 1.54) is 36.4 Å². The van der Waals surface area contributed by atoms with Crippen molar-refractivity contribution in [2.24, 2.45) is 5.41 Å². The third-order valence-electron chi connectivity index (χ3n) is 7.94. The Morgan fingerprint density at radius 2 is 1.90 bits per heavy atom. The molecular formula is C30H27F4N5O3. The number of hydrogen-bond donors (Lipinski definition) is 2. The minimum Gasteiger partial charge on any atom is -0.488 e. The summed E-state index contributed by atoms with van der Waals surface area (Å²) >= 11 is 0. The number of halogens is 4. The van der Waals surface area contributed by atoms with Crippen LogP contribution < -0.4 is 25.0 Å². The molecule has 2 aliphatic heterocycles. The van der Waals surface area contributed by atoms with Crippen LogP contribution in [0.3, 0.4) is 0 Å². The van der Waals surface area contributed by atoms with E-state index in [4.69, 9.17) is 4.74 Å². The molecule has 6 rings (SSSR count). The van der Waals surface area contributed by atoms with Crippen LogP contribution in [0, 0.1) is 22.6 Å². The van der Waals surface area contributed by atoms with Crippen molar-refractivity contribution in [2.75, 3.05) is 31.1 Å². The molecule has 218 valence electrons. The summed E-state index contributed by atoms with van der Waals surface area (Å²) in [6.07, 6.45) is -2.91. The van der Waals surface area contributed by atoms with Crippen molar-refractivity contribution in [3.05, 3.63) is 71.7 Å². The topological polar surface area (TPSA) is 99.5 Å². The van der Waals surface area contributed by atoms with Crippen LogP contribution in [0.15, 0.2) is 54.6 Å². The van der Waals surface area contributed by atoms with E-state index >= 15 is 0 Å². The van der Waals surface area contributed by atoms with Gasteiger partial charge in [-0.1, -0.05) is 12.1 Å². The zero-order chi connectivity index (χ0) is 29.5. The molecule has 0 bridgehead atoms. The second-order valence-electron chi connectivity index (χ2n) is 11.0. The molecule has 1 aliphatic carbocycles. The van der Waals surface area contributed by atoms with Crippen molar-refractivity contribution in [3.63, 3.8) is 0 Å². The monoisotopic (exact) mass is 581 g/mol. The van der Waals surface area contributed by atoms with Gasteiger partial charge < -0.3 is 25.0 Å². The van der Waals surface area contributed by atoms with Crippen LogP contribution in [-0.4, -0.2) is 55.6 Å². The molecule has 0 unspecified atom stereocenters. The van der Waals surface area contributed by atoms with Crippen molar-refractivity contribution in [1.82, 2.24) is 15.6 Å². The van der Waals surface area contributed by atoms with Gasteiger partial charge in [0.2, 0.25) is 0 Å². The maximum atomic E-state index is 13.5. The van der Waals surface area contributed by atoms with Gasteiger partial charge in [0.25, 0.3) is 5.91 Å². The molecule has 2 saturated heterocycles. The zero-order valence-electron chi connectivity index (χ0n) is 22.4. The molecule has 0 radical (unpaired) electrons. The molecule has 3 aromatic rings. The van der Waals surface area contributed by atoms with Gasteiger partial charge in [-0.2, -0.15) is 5.26 Å². The Labute approximate surface area is 239 Å². The van der Waals surface area contributed by atoms with Gasteiger partial charge in [0.05, 0.1) is 16.9 Å². The summed E-state index contributed by atoms with van der Waals surface area (Å²) in [6.45, 7) is 2.76. The Kier molecular flexibility index (Phi) is 7.14. The minimum atomic E-state index is -4.89. The molecule has 3 heterocycles. The quantitative estimate of drug-likeness (QED) is 0.387. The van der Waals surface area contributed by atoms with Gasteiger partial charge in [-0.05, 0) is 68.3 Å². The third-order valence-corrected chi connectivity index (χ3v) is 7.94. The molecule has 2 N–H and O–H groups in total. The number of ether oxygens (including phenoxy) is 2. The van der Waals surface area contributed by atoms with E-state index < -0.39 is 23.8 Å². The van der Waals surface area contributed by atoms with Crippen molar-refractivity contribution < 1.29 is 31.8 Å². The SMILES string of the molecule is N#Cc1cc(F)ccc1N1CC2(CC(Oc3ccc(-c4ccccc4OC(F)(F)F)nc3C(=O)N[C@@H]3CCNC3)C2)C1. The van der Waals surface area contributed by atoms with Crippen molar-refractivity contribution in [2.45, 2.75) is 37.8 Å². The highest BCUT2D eigenvalue weighted by Crippen LogP contribution is 2.51. The summed E-state index contributed by atoms with van der Waals surface area (Å²) in [4.78, 5) is 19.8. The molecule has 1 atom stereocenters. The smallest absolute Gasteiger partial charge is 0.488 e. The van der Waals surface area contributed by atoms with Crippen LogP contribution in [0.5, 0.6) is 11.5 Å². The molecule has 1 aromatic heterocycles. The first-order valence-corrected chi connectivity index (χ1v) is 13.6. The van der Waals surface area contributed by atoms with Crippen LogP contribution in [0.1, 0.15) is 35.3 Å². The van der Waals surface area contributed by atoms with Crippen molar-refractivity contribution in [1.29, 1.82) is 5.26 Å². The Bertz CT molecular complexity index is 1540. The Balaban J connectivity index is 1.19. The Morgan fingerprint density at radius 3 is 2.62 bits per heavy atom. The van der Waals surface area contributed by atoms with E-state index in [0.29, 0.717) is 43.7 Å². The van der Waals surface area contributed by atoms with Gasteiger partial charge in [-0.25, -0.2) is 9.37 Å². The number of nitrogens with one attached hydrogen (secondary N) is 2. The number of carbonyl (C=O) groups is 1. The molecule has 3 aliphatic rings. The van der Waals surface area contributed by atoms with E-state index in [1.54, 1.807) is 18.2 Å². The van der Waals surface area contributed by atoms with E-state index in [1.807, 2.05) is 11.0 Å². The normalized spacial score (nSPS) is 19.5. The molecule has 8 nitrogen and oxygen atoms in total. The van der Waals surface area contributed by atoms with Crippen LogP contribution in [0.4, 0.5) is 23.2 Å². The maximum absolute atomic E-state index is 13.5. The van der Waals surface area contributed by atoms with Crippen LogP contribution in [-0.2, 0) is 0 Å². The lowest BCUT2D eigenvalue weighted by atomic mass is 9.61. The summed E-state index contributed by atoms with van der Waals surface area (Å²) in [5.41, 5.74) is 1.20. The average molecular weight is 582 g/mol. The standard InChI is InChI=1S/C30H27F4N5O3/c31-19-5-7-24(18(11-19)14-35)39-16-29(17-39)12-21(13-29)41-26-8-6-23(22-3-1-2-4-25(22)42-30(32,33)34)38-27(26)28(40)37-20-9-10-36-15-20/h1-8,11,20-21,36H,9-10,12-13,15-17H2,(H,37,40)/t20-/m1/s1. The first kappa shape index (κ1) is 27.8. The molecule has 12 heteroatoms. The minimum absolute atomic E-state index is 0.00897. The number of nitrogens with zero attached hydrogens (tertiary/aromatic N) is 3. The number of pyridine rings is 1. The summed E-state index contributed by atoms with van der Waals surface area (Å²) < 4.78 is 63.1. The predicted molar refractivity (Wildman–Crippen MR) is 145 cm³/mol. The van der Waals surface area contributed by atoms with Gasteiger partial charge in [0.15, 0.2) is 11.4 Å². The summed E-state index contributed by atoms with van der Waals surface area (Å²) in [5, 5.41) is 15.5. The molecule has 1 spiro atoms. The van der Waals surface area contributed by atoms with E-state index in [2.05, 4.69) is 20.4 Å². The first-order chi connectivity index (χ1) is 20.1. The predicted octanol–water partition coefficient (Wildman–Crippen LogP) is 4.80. The lowest BCUT2D eigenvalue weighted by molar-refractivity contribution is -0.274. The second kappa shape index (κ2) is 10.8. The molecular weight excluding hydrogens is 554 g/mol. The van der Waals surface area contributed by atoms with Crippen LogP contribution in [0.25, 0.3) is 11.3 Å². The first-order valence-electron chi connectivity index (χ1n) is 13.6. The number of carbonyl (C=O) groups excluding carboxylic acids is 1. The number of para-hydroxylation sites is 1. The molecule has 3 fully saturated rings. The lowest BCUT2D eigenvalue weighted by Crippen LogP contribution is -2.65. The molecule has 42 heavy (non-hydrogen) atoms. The van der Waals surface area contributed by atoms with Crippen LogP contribution in [0.2, 0.25) is 0 Å². The van der Waals surface area contributed by atoms with Gasteiger partial charge in [-0.15, -0.1) is 13.2 Å². The second-order valence-corrected chi connectivity index (χ2v) is 11.0. The van der Waals surface area contributed by atoms with Gasteiger partial charge in [-0.3, -0.25) is 4.79 Å². The lowest BCUT2D eigenvalue weighted by Gasteiger charge is -2.59. The number of amides is 1. The average Bonchev–Trinajstić information content (AvgIpc) is 3.42. The summed E-state index contributed by atoms with van der Waals surface area (Å²) in [5.74, 6) is -1.10. The Morgan fingerprint density at radius 1 is 1.12 bits per heavy atom. The highest BCUT2D eigenvalue weighted by Gasteiger charge is 2.54. The largest absolute Gasteiger partial charge is 0.573 e. The van der Waals surface area contributed by atoms with E-state index in [9.17, 15) is 27.6 Å². The fraction of sp³-hybridized carbons (Fsp3) is 0.367. The number of hydrogen-bond acceptors (Lipinski definition) is 7.